The topological polar surface area (TPSA) is 46.3 Å². The quantitative estimate of drug-likeness (QED) is 0.916. The lowest BCUT2D eigenvalue weighted by atomic mass is 9.79. The van der Waals surface area contributed by atoms with Gasteiger partial charge in [-0.25, -0.2) is 4.39 Å². The number of carbonyl (C=O) groups is 1. The van der Waals surface area contributed by atoms with Crippen LogP contribution in [0, 0.1) is 11.7 Å². The number of carbonyl (C=O) groups excluding carboxylic acids is 1. The molecule has 2 aromatic rings. The number of piperidine rings is 1. The molecule has 1 unspecified atom stereocenters. The number of nitrogens with zero attached hydrogens (tertiary/aromatic N) is 1. The summed E-state index contributed by atoms with van der Waals surface area (Å²) in [5, 5.41) is 0. The summed E-state index contributed by atoms with van der Waals surface area (Å²) in [5.74, 6) is -1.20. The Labute approximate surface area is 142 Å². The zero-order valence-electron chi connectivity index (χ0n) is 13.7. The number of primary amides is 1. The SMILES string of the molecule is NC(=O)C(c1ccccc1F)C1CCN(Cc2ccccc2)CC1. The molecule has 0 radical (unpaired) electrons. The highest BCUT2D eigenvalue weighted by Gasteiger charge is 2.32. The van der Waals surface area contributed by atoms with E-state index in [2.05, 4.69) is 17.0 Å². The van der Waals surface area contributed by atoms with Crippen LogP contribution in [0.1, 0.15) is 29.9 Å². The van der Waals surface area contributed by atoms with Crippen LogP contribution in [0.3, 0.4) is 0 Å². The van der Waals surface area contributed by atoms with Crippen molar-refractivity contribution in [2.45, 2.75) is 25.3 Å². The van der Waals surface area contributed by atoms with Crippen molar-refractivity contribution in [3.63, 3.8) is 0 Å². The summed E-state index contributed by atoms with van der Waals surface area (Å²) in [6.07, 6.45) is 1.71. The van der Waals surface area contributed by atoms with Crippen LogP contribution in [0.15, 0.2) is 54.6 Å². The van der Waals surface area contributed by atoms with E-state index in [-0.39, 0.29) is 11.7 Å². The third-order valence-corrected chi connectivity index (χ3v) is 4.90. The van der Waals surface area contributed by atoms with E-state index in [1.54, 1.807) is 18.2 Å². The third kappa shape index (κ3) is 3.82. The Morgan fingerprint density at radius 1 is 1.08 bits per heavy atom. The molecule has 126 valence electrons. The molecule has 1 aliphatic heterocycles. The number of halogens is 1. The first-order chi connectivity index (χ1) is 11.6. The maximum Gasteiger partial charge on any atom is 0.225 e. The minimum atomic E-state index is -0.537. The molecule has 3 nitrogen and oxygen atoms in total. The lowest BCUT2D eigenvalue weighted by Gasteiger charge is -2.35. The predicted octanol–water partition coefficient (Wildman–Crippen LogP) is 3.31. The molecular formula is C20H23FN2O. The van der Waals surface area contributed by atoms with Gasteiger partial charge in [-0.3, -0.25) is 9.69 Å². The summed E-state index contributed by atoms with van der Waals surface area (Å²) in [6.45, 7) is 2.71. The molecule has 2 aromatic carbocycles. The second-order valence-corrected chi connectivity index (χ2v) is 6.50. The molecule has 1 amide bonds. The molecular weight excluding hydrogens is 303 g/mol. The maximum atomic E-state index is 14.1. The van der Waals surface area contributed by atoms with Gasteiger partial charge in [0.05, 0.1) is 5.92 Å². The molecule has 1 aliphatic rings. The number of rotatable bonds is 5. The van der Waals surface area contributed by atoms with Gasteiger partial charge in [0.1, 0.15) is 5.82 Å². The fraction of sp³-hybridized carbons (Fsp3) is 0.350. The normalized spacial score (nSPS) is 17.5. The van der Waals surface area contributed by atoms with Crippen molar-refractivity contribution >= 4 is 5.91 Å². The molecule has 0 bridgehead atoms. The van der Waals surface area contributed by atoms with Crippen LogP contribution >= 0.6 is 0 Å². The Balaban J connectivity index is 1.66. The third-order valence-electron chi connectivity index (χ3n) is 4.90. The summed E-state index contributed by atoms with van der Waals surface area (Å²) in [7, 11) is 0. The van der Waals surface area contributed by atoms with Crippen LogP contribution in [0.25, 0.3) is 0 Å². The van der Waals surface area contributed by atoms with E-state index in [4.69, 9.17) is 5.73 Å². The molecule has 0 aliphatic carbocycles. The second kappa shape index (κ2) is 7.58. The van der Waals surface area contributed by atoms with Gasteiger partial charge in [-0.2, -0.15) is 0 Å². The highest BCUT2D eigenvalue weighted by molar-refractivity contribution is 5.82. The minimum absolute atomic E-state index is 0.103. The van der Waals surface area contributed by atoms with Crippen molar-refractivity contribution in [3.8, 4) is 0 Å². The van der Waals surface area contributed by atoms with Gasteiger partial charge in [-0.05, 0) is 43.5 Å². The summed E-state index contributed by atoms with van der Waals surface area (Å²) in [4.78, 5) is 14.3. The summed E-state index contributed by atoms with van der Waals surface area (Å²) >= 11 is 0. The van der Waals surface area contributed by atoms with E-state index in [1.165, 1.54) is 11.6 Å². The number of hydrogen-bond donors (Lipinski definition) is 1. The molecule has 3 rings (SSSR count). The van der Waals surface area contributed by atoms with Gasteiger partial charge in [-0.1, -0.05) is 48.5 Å². The fourth-order valence-corrected chi connectivity index (χ4v) is 3.65. The van der Waals surface area contributed by atoms with E-state index in [9.17, 15) is 9.18 Å². The van der Waals surface area contributed by atoms with Gasteiger partial charge in [0.25, 0.3) is 0 Å². The van der Waals surface area contributed by atoms with E-state index >= 15 is 0 Å². The van der Waals surface area contributed by atoms with Crippen molar-refractivity contribution in [3.05, 3.63) is 71.5 Å². The Hall–Kier alpha value is -2.20. The van der Waals surface area contributed by atoms with Gasteiger partial charge in [-0.15, -0.1) is 0 Å². The molecule has 1 atom stereocenters. The minimum Gasteiger partial charge on any atom is -0.369 e. The van der Waals surface area contributed by atoms with Crippen LogP contribution in [0.2, 0.25) is 0 Å². The van der Waals surface area contributed by atoms with Crippen LogP contribution in [-0.2, 0) is 11.3 Å². The Morgan fingerprint density at radius 3 is 2.33 bits per heavy atom. The van der Waals surface area contributed by atoms with E-state index in [1.807, 2.05) is 18.2 Å². The zero-order valence-corrected chi connectivity index (χ0v) is 13.7. The molecule has 1 heterocycles. The summed E-state index contributed by atoms with van der Waals surface area (Å²) in [5.41, 5.74) is 7.33. The monoisotopic (exact) mass is 326 g/mol. The van der Waals surface area contributed by atoms with Crippen molar-refractivity contribution in [1.82, 2.24) is 4.90 Å². The van der Waals surface area contributed by atoms with Crippen LogP contribution in [-0.4, -0.2) is 23.9 Å². The smallest absolute Gasteiger partial charge is 0.225 e. The highest BCUT2D eigenvalue weighted by Crippen LogP contribution is 2.34. The number of likely N-dealkylation sites (tertiary alicyclic amines) is 1. The molecule has 24 heavy (non-hydrogen) atoms. The van der Waals surface area contributed by atoms with Gasteiger partial charge in [0.2, 0.25) is 5.91 Å². The summed E-state index contributed by atoms with van der Waals surface area (Å²) < 4.78 is 14.1. The van der Waals surface area contributed by atoms with Gasteiger partial charge >= 0.3 is 0 Å². The number of hydrogen-bond acceptors (Lipinski definition) is 2. The van der Waals surface area contributed by atoms with Crippen molar-refractivity contribution in [2.75, 3.05) is 13.1 Å². The Kier molecular flexibility index (Phi) is 5.26. The predicted molar refractivity (Wildman–Crippen MR) is 92.8 cm³/mol. The van der Waals surface area contributed by atoms with E-state index in [0.29, 0.717) is 5.56 Å². The molecule has 1 saturated heterocycles. The number of amides is 1. The number of nitrogens with two attached hydrogens (primary N) is 1. The molecule has 1 fully saturated rings. The second-order valence-electron chi connectivity index (χ2n) is 6.50. The summed E-state index contributed by atoms with van der Waals surface area (Å²) in [6, 6.07) is 16.8. The molecule has 0 saturated carbocycles. The van der Waals surface area contributed by atoms with Crippen LogP contribution in [0.5, 0.6) is 0 Å². The van der Waals surface area contributed by atoms with Gasteiger partial charge in [0, 0.05) is 12.1 Å². The van der Waals surface area contributed by atoms with Crippen LogP contribution in [0.4, 0.5) is 4.39 Å². The number of benzene rings is 2. The average Bonchev–Trinajstić information content (AvgIpc) is 2.59. The Morgan fingerprint density at radius 2 is 1.71 bits per heavy atom. The van der Waals surface area contributed by atoms with Gasteiger partial charge < -0.3 is 5.73 Å². The molecule has 0 spiro atoms. The maximum absolute atomic E-state index is 14.1. The molecule has 2 N–H and O–H groups in total. The first-order valence-electron chi connectivity index (χ1n) is 8.45. The largest absolute Gasteiger partial charge is 0.369 e. The zero-order chi connectivity index (χ0) is 16.9. The Bertz CT molecular complexity index is 681. The van der Waals surface area contributed by atoms with Crippen LogP contribution < -0.4 is 5.73 Å². The average molecular weight is 326 g/mol. The molecule has 4 heteroatoms. The fourth-order valence-electron chi connectivity index (χ4n) is 3.65. The molecule has 0 aromatic heterocycles. The van der Waals surface area contributed by atoms with Crippen molar-refractivity contribution in [2.24, 2.45) is 11.7 Å². The van der Waals surface area contributed by atoms with E-state index < -0.39 is 11.8 Å². The van der Waals surface area contributed by atoms with Crippen molar-refractivity contribution in [1.29, 1.82) is 0 Å². The van der Waals surface area contributed by atoms with Crippen molar-refractivity contribution < 1.29 is 9.18 Å². The van der Waals surface area contributed by atoms with Gasteiger partial charge in [0.15, 0.2) is 0 Å². The first-order valence-corrected chi connectivity index (χ1v) is 8.45. The first kappa shape index (κ1) is 16.7. The highest BCUT2D eigenvalue weighted by atomic mass is 19.1. The van der Waals surface area contributed by atoms with E-state index in [0.717, 1.165) is 32.5 Å². The lowest BCUT2D eigenvalue weighted by molar-refractivity contribution is -0.121. The standard InChI is InChI=1S/C20H23FN2O/c21-18-9-5-4-8-17(18)19(20(22)24)16-10-12-23(13-11-16)14-15-6-2-1-3-7-15/h1-9,16,19H,10-14H2,(H2,22,24). The lowest BCUT2D eigenvalue weighted by Crippen LogP contribution is -2.38.